The van der Waals surface area contributed by atoms with Gasteiger partial charge in [0.15, 0.2) is 0 Å². The lowest BCUT2D eigenvalue weighted by Crippen LogP contribution is -2.37. The summed E-state index contributed by atoms with van der Waals surface area (Å²) in [6, 6.07) is -0.464. The molecule has 0 fully saturated rings. The molecule has 5 nitrogen and oxygen atoms in total. The summed E-state index contributed by atoms with van der Waals surface area (Å²) < 4.78 is 0. The molecule has 64 valence electrons. The van der Waals surface area contributed by atoms with Gasteiger partial charge in [0.2, 0.25) is 0 Å². The normalized spacial score (nSPS) is 9.18. The van der Waals surface area contributed by atoms with E-state index in [0.717, 1.165) is 0 Å². The molecule has 0 atom stereocenters. The second-order valence-corrected chi connectivity index (χ2v) is 2.19. The fraction of sp³-hybridized carbons (Fsp3) is 0.667. The lowest BCUT2D eigenvalue weighted by Gasteiger charge is -2.16. The maximum absolute atomic E-state index is 10.6. The molecule has 2 amide bonds. The molecule has 0 bridgehead atoms. The summed E-state index contributed by atoms with van der Waals surface area (Å²) in [5, 5.41) is 6.90. The van der Waals surface area contributed by atoms with E-state index >= 15 is 0 Å². The monoisotopic (exact) mass is 158 g/mol. The van der Waals surface area contributed by atoms with Crippen LogP contribution in [0.4, 0.5) is 4.79 Å². The minimum Gasteiger partial charge on any atom is -0.388 e. The van der Waals surface area contributed by atoms with E-state index in [0.29, 0.717) is 19.5 Å². The molecule has 0 rings (SSSR count). The molecule has 0 heterocycles. The molecule has 5 N–H and O–H groups in total. The Bertz CT molecular complexity index is 157. The standard InChI is InChI=1S/C6H14N4O/c1-2-10(6(9)11)4-3-5(7)8/h2-4H2,1H3,(H3,7,8)(H2,9,11). The van der Waals surface area contributed by atoms with Gasteiger partial charge in [-0.2, -0.15) is 0 Å². The van der Waals surface area contributed by atoms with Gasteiger partial charge in [0.05, 0.1) is 5.84 Å². The highest BCUT2D eigenvalue weighted by molar-refractivity contribution is 5.78. The maximum Gasteiger partial charge on any atom is 0.314 e. The number of hydrogen-bond donors (Lipinski definition) is 3. The summed E-state index contributed by atoms with van der Waals surface area (Å²) >= 11 is 0. The summed E-state index contributed by atoms with van der Waals surface area (Å²) in [5.41, 5.74) is 10.1. The molecule has 5 heteroatoms. The molecule has 0 unspecified atom stereocenters. The number of nitrogens with one attached hydrogen (secondary N) is 1. The summed E-state index contributed by atoms with van der Waals surface area (Å²) in [7, 11) is 0. The molecule has 0 aliphatic rings. The second-order valence-electron chi connectivity index (χ2n) is 2.19. The van der Waals surface area contributed by atoms with Crippen LogP contribution in [0.25, 0.3) is 0 Å². The minimum atomic E-state index is -0.464. The second kappa shape index (κ2) is 4.54. The number of carbonyl (C=O) groups is 1. The molecule has 0 aromatic heterocycles. The van der Waals surface area contributed by atoms with Gasteiger partial charge in [-0.1, -0.05) is 0 Å². The van der Waals surface area contributed by atoms with E-state index < -0.39 is 6.03 Å². The van der Waals surface area contributed by atoms with E-state index in [1.165, 1.54) is 4.90 Å². The van der Waals surface area contributed by atoms with Crippen LogP contribution in [0, 0.1) is 5.41 Å². The fourth-order valence-corrected chi connectivity index (χ4v) is 0.680. The third kappa shape index (κ3) is 4.19. The third-order valence-corrected chi connectivity index (χ3v) is 1.34. The lowest BCUT2D eigenvalue weighted by atomic mass is 10.3. The zero-order valence-electron chi connectivity index (χ0n) is 6.63. The van der Waals surface area contributed by atoms with E-state index in [2.05, 4.69) is 0 Å². The Hall–Kier alpha value is -1.26. The van der Waals surface area contributed by atoms with Crippen LogP contribution < -0.4 is 11.5 Å². The van der Waals surface area contributed by atoms with Crippen LogP contribution in [0.15, 0.2) is 0 Å². The van der Waals surface area contributed by atoms with Gasteiger partial charge in [-0.05, 0) is 6.92 Å². The summed E-state index contributed by atoms with van der Waals surface area (Å²) in [5.74, 6) is 0.0738. The summed E-state index contributed by atoms with van der Waals surface area (Å²) in [6.45, 7) is 2.81. The van der Waals surface area contributed by atoms with Crippen molar-refractivity contribution in [3.63, 3.8) is 0 Å². The molecule has 0 saturated heterocycles. The van der Waals surface area contributed by atoms with Gasteiger partial charge in [-0.25, -0.2) is 4.79 Å². The molecular formula is C6H14N4O. The van der Waals surface area contributed by atoms with Gasteiger partial charge in [0, 0.05) is 19.5 Å². The van der Waals surface area contributed by atoms with E-state index in [1.54, 1.807) is 0 Å². The molecule has 0 saturated carbocycles. The van der Waals surface area contributed by atoms with Crippen molar-refractivity contribution in [1.29, 1.82) is 5.41 Å². The Morgan fingerprint density at radius 2 is 2.09 bits per heavy atom. The quantitative estimate of drug-likeness (QED) is 0.387. The molecule has 0 radical (unpaired) electrons. The van der Waals surface area contributed by atoms with E-state index in [9.17, 15) is 4.79 Å². The molecule has 0 aliphatic heterocycles. The lowest BCUT2D eigenvalue weighted by molar-refractivity contribution is 0.212. The van der Waals surface area contributed by atoms with Crippen LogP contribution in [0.3, 0.4) is 0 Å². The van der Waals surface area contributed by atoms with Crippen LogP contribution in [0.2, 0.25) is 0 Å². The van der Waals surface area contributed by atoms with E-state index in [1.807, 2.05) is 6.92 Å². The number of nitrogens with zero attached hydrogens (tertiary/aromatic N) is 1. The first-order valence-electron chi connectivity index (χ1n) is 3.45. The third-order valence-electron chi connectivity index (χ3n) is 1.34. The number of primary amides is 1. The number of amides is 2. The van der Waals surface area contributed by atoms with Gasteiger partial charge in [0.25, 0.3) is 0 Å². The summed E-state index contributed by atoms with van der Waals surface area (Å²) in [6.07, 6.45) is 0.386. The van der Waals surface area contributed by atoms with Gasteiger partial charge in [-0.15, -0.1) is 0 Å². The Balaban J connectivity index is 3.70. The van der Waals surface area contributed by atoms with Gasteiger partial charge in [-0.3, -0.25) is 5.41 Å². The van der Waals surface area contributed by atoms with Crippen molar-refractivity contribution < 1.29 is 4.79 Å². The van der Waals surface area contributed by atoms with E-state index in [4.69, 9.17) is 16.9 Å². The molecule has 0 spiro atoms. The first-order valence-corrected chi connectivity index (χ1v) is 3.45. The number of hydrogen-bond acceptors (Lipinski definition) is 2. The first-order chi connectivity index (χ1) is 5.07. The molecular weight excluding hydrogens is 144 g/mol. The van der Waals surface area contributed by atoms with Crippen molar-refractivity contribution in [2.75, 3.05) is 13.1 Å². The van der Waals surface area contributed by atoms with Crippen LogP contribution in [-0.4, -0.2) is 29.9 Å². The number of carbonyl (C=O) groups excluding carboxylic acids is 1. The Kier molecular flexibility index (Phi) is 4.02. The minimum absolute atomic E-state index is 0.0738. The summed E-state index contributed by atoms with van der Waals surface area (Å²) in [4.78, 5) is 12.0. The van der Waals surface area contributed by atoms with Crippen LogP contribution in [0.5, 0.6) is 0 Å². The molecule has 0 aromatic carbocycles. The Labute approximate surface area is 65.9 Å². The first kappa shape index (κ1) is 9.74. The average molecular weight is 158 g/mol. The zero-order valence-corrected chi connectivity index (χ0v) is 6.63. The molecule has 0 aromatic rings. The van der Waals surface area contributed by atoms with Crippen LogP contribution in [0.1, 0.15) is 13.3 Å². The number of nitrogens with two attached hydrogens (primary N) is 2. The zero-order chi connectivity index (χ0) is 8.85. The highest BCUT2D eigenvalue weighted by atomic mass is 16.2. The molecule has 0 aliphatic carbocycles. The Morgan fingerprint density at radius 1 is 1.55 bits per heavy atom. The number of urea groups is 1. The van der Waals surface area contributed by atoms with Crippen molar-refractivity contribution in [3.8, 4) is 0 Å². The SMILES string of the molecule is CCN(CCC(=N)N)C(N)=O. The predicted molar refractivity (Wildman–Crippen MR) is 43.4 cm³/mol. The maximum atomic E-state index is 10.6. The van der Waals surface area contributed by atoms with Gasteiger partial charge < -0.3 is 16.4 Å². The fourth-order valence-electron chi connectivity index (χ4n) is 0.680. The number of amidine groups is 1. The highest BCUT2D eigenvalue weighted by Crippen LogP contribution is 1.89. The largest absolute Gasteiger partial charge is 0.388 e. The average Bonchev–Trinajstić information content (AvgIpc) is 1.87. The highest BCUT2D eigenvalue weighted by Gasteiger charge is 2.05. The smallest absolute Gasteiger partial charge is 0.314 e. The predicted octanol–water partition coefficient (Wildman–Crippen LogP) is -0.287. The number of rotatable bonds is 4. The van der Waals surface area contributed by atoms with Gasteiger partial charge >= 0.3 is 6.03 Å². The van der Waals surface area contributed by atoms with Crippen LogP contribution in [-0.2, 0) is 0 Å². The molecule has 11 heavy (non-hydrogen) atoms. The van der Waals surface area contributed by atoms with Crippen molar-refractivity contribution in [2.45, 2.75) is 13.3 Å². The van der Waals surface area contributed by atoms with Crippen molar-refractivity contribution in [2.24, 2.45) is 11.5 Å². The van der Waals surface area contributed by atoms with E-state index in [-0.39, 0.29) is 5.84 Å². The van der Waals surface area contributed by atoms with Crippen LogP contribution >= 0.6 is 0 Å². The van der Waals surface area contributed by atoms with Crippen molar-refractivity contribution in [3.05, 3.63) is 0 Å². The topological polar surface area (TPSA) is 96.2 Å². The Morgan fingerprint density at radius 3 is 2.36 bits per heavy atom. The van der Waals surface area contributed by atoms with Crippen molar-refractivity contribution >= 4 is 11.9 Å². The van der Waals surface area contributed by atoms with Gasteiger partial charge in [0.1, 0.15) is 0 Å². The van der Waals surface area contributed by atoms with Crippen molar-refractivity contribution in [1.82, 2.24) is 4.90 Å².